The van der Waals surface area contributed by atoms with E-state index >= 15 is 0 Å². The Kier molecular flexibility index (Phi) is 9.96. The van der Waals surface area contributed by atoms with Gasteiger partial charge >= 0.3 is 0 Å². The highest BCUT2D eigenvalue weighted by atomic mass is 127. The van der Waals surface area contributed by atoms with E-state index in [1.54, 1.807) is 6.07 Å². The molecule has 0 amide bonds. The second kappa shape index (κ2) is 12.0. The highest BCUT2D eigenvalue weighted by molar-refractivity contribution is 14.0. The number of hydrogen-bond acceptors (Lipinski definition) is 4. The van der Waals surface area contributed by atoms with Crippen molar-refractivity contribution >= 4 is 40.0 Å². The summed E-state index contributed by atoms with van der Waals surface area (Å²) in [4.78, 5) is 11.5. The Bertz CT molecular complexity index is 994. The van der Waals surface area contributed by atoms with Gasteiger partial charge in [0.05, 0.1) is 23.8 Å². The molecule has 1 aromatic heterocycles. The molecular weight excluding hydrogens is 539 g/mol. The molecule has 8 nitrogen and oxygen atoms in total. The lowest BCUT2D eigenvalue weighted by Crippen LogP contribution is -2.49. The third-order valence-corrected chi connectivity index (χ3v) is 7.36. The van der Waals surface area contributed by atoms with Gasteiger partial charge in [-0.05, 0) is 50.3 Å². The molecule has 1 aromatic carbocycles. The van der Waals surface area contributed by atoms with Gasteiger partial charge in [-0.3, -0.25) is 4.99 Å². The first-order valence-corrected chi connectivity index (χ1v) is 12.4. The van der Waals surface area contributed by atoms with Crippen LogP contribution in [0.25, 0.3) is 0 Å². The summed E-state index contributed by atoms with van der Waals surface area (Å²) >= 11 is 0. The molecule has 0 radical (unpaired) electrons. The standard InChI is InChI=1S/C22H34N6O2S.HI/c1-5-24-22(27-12-8-18(3)20(15-27)28-13-11-23-16-28)25-9-10-26-31(29,30)21-14-17(2)6-7-19(21)4;/h6-7,11,13-14,16,18,20,26H,5,8-10,12,15H2,1-4H3,(H,24,25);1H. The Labute approximate surface area is 209 Å². The zero-order valence-corrected chi connectivity index (χ0v) is 22.4. The smallest absolute Gasteiger partial charge is 0.240 e. The molecule has 0 bridgehead atoms. The number of guanidine groups is 1. The van der Waals surface area contributed by atoms with Gasteiger partial charge in [-0.1, -0.05) is 19.1 Å². The summed E-state index contributed by atoms with van der Waals surface area (Å²) in [6.45, 7) is 11.2. The summed E-state index contributed by atoms with van der Waals surface area (Å²) in [7, 11) is -3.56. The second-order valence-corrected chi connectivity index (χ2v) is 9.93. The van der Waals surface area contributed by atoms with E-state index in [0.29, 0.717) is 23.4 Å². The fourth-order valence-electron chi connectivity index (χ4n) is 3.94. The first-order chi connectivity index (χ1) is 14.8. The summed E-state index contributed by atoms with van der Waals surface area (Å²) in [5.41, 5.74) is 1.66. The van der Waals surface area contributed by atoms with Crippen LogP contribution in [0.15, 0.2) is 46.8 Å². The SMILES string of the molecule is CCNC(=NCCNS(=O)(=O)c1cc(C)ccc1C)N1CCC(C)C(n2ccnc2)C1.I. The molecule has 32 heavy (non-hydrogen) atoms. The number of imidazole rings is 1. The number of halogens is 1. The number of aliphatic imine (C=N–C) groups is 1. The Morgan fingerprint density at radius 2 is 2.09 bits per heavy atom. The quantitative estimate of drug-likeness (QED) is 0.230. The summed E-state index contributed by atoms with van der Waals surface area (Å²) in [5.74, 6) is 1.38. The van der Waals surface area contributed by atoms with Crippen LogP contribution in [-0.2, 0) is 10.0 Å². The van der Waals surface area contributed by atoms with Gasteiger partial charge in [0.15, 0.2) is 5.96 Å². The van der Waals surface area contributed by atoms with Crippen LogP contribution >= 0.6 is 24.0 Å². The Balaban J connectivity index is 0.00000363. The van der Waals surface area contributed by atoms with Crippen LogP contribution in [0.3, 0.4) is 0 Å². The van der Waals surface area contributed by atoms with Crippen molar-refractivity contribution in [3.05, 3.63) is 48.0 Å². The zero-order valence-electron chi connectivity index (χ0n) is 19.3. The van der Waals surface area contributed by atoms with Crippen LogP contribution in [0.4, 0.5) is 0 Å². The van der Waals surface area contributed by atoms with Gasteiger partial charge in [0, 0.05) is 38.6 Å². The van der Waals surface area contributed by atoms with Gasteiger partial charge in [-0.2, -0.15) is 0 Å². The monoisotopic (exact) mass is 574 g/mol. The maximum Gasteiger partial charge on any atom is 0.240 e. The van der Waals surface area contributed by atoms with E-state index < -0.39 is 10.0 Å². The van der Waals surface area contributed by atoms with E-state index in [1.807, 2.05) is 51.6 Å². The van der Waals surface area contributed by atoms with Crippen molar-refractivity contribution < 1.29 is 8.42 Å². The molecule has 2 aromatic rings. The lowest BCUT2D eigenvalue weighted by atomic mass is 9.93. The van der Waals surface area contributed by atoms with Gasteiger partial charge in [0.1, 0.15) is 0 Å². The molecule has 1 fully saturated rings. The predicted molar refractivity (Wildman–Crippen MR) is 139 cm³/mol. The van der Waals surface area contributed by atoms with E-state index in [9.17, 15) is 8.42 Å². The van der Waals surface area contributed by atoms with Crippen LogP contribution < -0.4 is 10.0 Å². The Hall–Kier alpha value is -1.66. The van der Waals surface area contributed by atoms with Gasteiger partial charge in [-0.25, -0.2) is 18.1 Å². The van der Waals surface area contributed by atoms with Crippen molar-refractivity contribution in [2.45, 2.75) is 45.1 Å². The van der Waals surface area contributed by atoms with E-state index in [1.165, 1.54) is 0 Å². The van der Waals surface area contributed by atoms with E-state index in [0.717, 1.165) is 43.1 Å². The molecule has 1 saturated heterocycles. The molecule has 10 heteroatoms. The van der Waals surface area contributed by atoms with Gasteiger partial charge < -0.3 is 14.8 Å². The van der Waals surface area contributed by atoms with E-state index in [-0.39, 0.29) is 30.5 Å². The van der Waals surface area contributed by atoms with E-state index in [4.69, 9.17) is 4.99 Å². The van der Waals surface area contributed by atoms with Crippen molar-refractivity contribution in [2.24, 2.45) is 10.9 Å². The molecule has 2 heterocycles. The molecule has 2 N–H and O–H groups in total. The number of aryl methyl sites for hydroxylation is 2. The Morgan fingerprint density at radius 1 is 1.31 bits per heavy atom. The lowest BCUT2D eigenvalue weighted by Gasteiger charge is -2.39. The highest BCUT2D eigenvalue weighted by Gasteiger charge is 2.28. The molecule has 178 valence electrons. The number of hydrogen-bond donors (Lipinski definition) is 2. The average molecular weight is 575 g/mol. The van der Waals surface area contributed by atoms with E-state index in [2.05, 4.69) is 31.4 Å². The largest absolute Gasteiger partial charge is 0.357 e. The van der Waals surface area contributed by atoms with Crippen molar-refractivity contribution in [1.29, 1.82) is 0 Å². The van der Waals surface area contributed by atoms with Gasteiger partial charge in [0.25, 0.3) is 0 Å². The number of sulfonamides is 1. The lowest BCUT2D eigenvalue weighted by molar-refractivity contribution is 0.189. The molecule has 2 unspecified atom stereocenters. The Morgan fingerprint density at radius 3 is 2.78 bits per heavy atom. The minimum atomic E-state index is -3.56. The maximum atomic E-state index is 12.7. The fourth-order valence-corrected chi connectivity index (χ4v) is 5.29. The van der Waals surface area contributed by atoms with Gasteiger partial charge in [0.2, 0.25) is 10.0 Å². The second-order valence-electron chi connectivity index (χ2n) is 8.19. The van der Waals surface area contributed by atoms with Crippen molar-refractivity contribution in [3.63, 3.8) is 0 Å². The predicted octanol–water partition coefficient (Wildman–Crippen LogP) is 2.94. The summed E-state index contributed by atoms with van der Waals surface area (Å²) < 4.78 is 30.2. The van der Waals surface area contributed by atoms with Crippen LogP contribution in [0.1, 0.15) is 37.4 Å². The van der Waals surface area contributed by atoms with Gasteiger partial charge in [-0.15, -0.1) is 24.0 Å². The number of nitrogens with zero attached hydrogens (tertiary/aromatic N) is 4. The number of aromatic nitrogens is 2. The molecule has 2 atom stereocenters. The number of likely N-dealkylation sites (tertiary alicyclic amines) is 1. The molecular formula is C22H35IN6O2S. The molecule has 0 spiro atoms. The molecule has 1 aliphatic heterocycles. The zero-order chi connectivity index (χ0) is 22.4. The van der Waals surface area contributed by atoms with Crippen molar-refractivity contribution in [1.82, 2.24) is 24.5 Å². The first kappa shape index (κ1) is 26.6. The number of rotatable bonds is 7. The van der Waals surface area contributed by atoms with Crippen LogP contribution in [0.5, 0.6) is 0 Å². The minimum absolute atomic E-state index is 0. The van der Waals surface area contributed by atoms with Crippen LogP contribution in [0.2, 0.25) is 0 Å². The summed E-state index contributed by atoms with van der Waals surface area (Å²) in [5, 5.41) is 3.35. The third-order valence-electron chi connectivity index (χ3n) is 5.76. The average Bonchev–Trinajstić information content (AvgIpc) is 3.27. The summed E-state index contributed by atoms with van der Waals surface area (Å²) in [6.07, 6.45) is 6.76. The van der Waals surface area contributed by atoms with Crippen molar-refractivity contribution in [3.8, 4) is 0 Å². The highest BCUT2D eigenvalue weighted by Crippen LogP contribution is 2.27. The first-order valence-electron chi connectivity index (χ1n) is 10.9. The number of benzene rings is 1. The molecule has 3 rings (SSSR count). The number of piperidine rings is 1. The molecule has 0 saturated carbocycles. The van der Waals surface area contributed by atoms with Crippen LogP contribution in [-0.4, -0.2) is 61.6 Å². The third kappa shape index (κ3) is 6.67. The minimum Gasteiger partial charge on any atom is -0.357 e. The fraction of sp³-hybridized carbons (Fsp3) is 0.545. The normalized spacial score (nSPS) is 19.5. The molecule has 1 aliphatic rings. The topological polar surface area (TPSA) is 91.6 Å². The summed E-state index contributed by atoms with van der Waals surface area (Å²) in [6, 6.07) is 5.79. The van der Waals surface area contributed by atoms with Crippen LogP contribution in [0, 0.1) is 19.8 Å². The molecule has 0 aliphatic carbocycles. The maximum absolute atomic E-state index is 12.7. The van der Waals surface area contributed by atoms with Crippen molar-refractivity contribution in [2.75, 3.05) is 32.7 Å². The number of nitrogens with one attached hydrogen (secondary N) is 2.